The molecule has 7 heteroatoms. The Morgan fingerprint density at radius 1 is 1.00 bits per heavy atom. The quantitative estimate of drug-likeness (QED) is 0.821. The van der Waals surface area contributed by atoms with Crippen LogP contribution in [0.5, 0.6) is 0 Å². The van der Waals surface area contributed by atoms with Gasteiger partial charge in [0.2, 0.25) is 11.8 Å². The highest BCUT2D eigenvalue weighted by atomic mass is 16.4. The molecule has 0 N–H and O–H groups in total. The molecule has 2 aliphatic heterocycles. The van der Waals surface area contributed by atoms with E-state index in [0.717, 1.165) is 76.3 Å². The second-order valence-electron chi connectivity index (χ2n) is 7.60. The second-order valence-corrected chi connectivity index (χ2v) is 7.60. The number of hydrogen-bond acceptors (Lipinski definition) is 7. The van der Waals surface area contributed by atoms with Crippen LogP contribution in [0, 0.1) is 0 Å². The summed E-state index contributed by atoms with van der Waals surface area (Å²) in [5.74, 6) is 2.92. The Kier molecular flexibility index (Phi) is 4.34. The predicted molar refractivity (Wildman–Crippen MR) is 98.0 cm³/mol. The van der Waals surface area contributed by atoms with Crippen LogP contribution in [0.1, 0.15) is 30.2 Å². The first-order valence-electron chi connectivity index (χ1n) is 9.81. The summed E-state index contributed by atoms with van der Waals surface area (Å²) in [5.41, 5.74) is 1.21. The zero-order valence-electron chi connectivity index (χ0n) is 15.2. The van der Waals surface area contributed by atoms with Crippen LogP contribution < -0.4 is 4.90 Å². The summed E-state index contributed by atoms with van der Waals surface area (Å²) in [5, 5.41) is 0. The van der Waals surface area contributed by atoms with E-state index in [4.69, 9.17) is 9.40 Å². The first kappa shape index (κ1) is 16.2. The molecule has 2 aromatic heterocycles. The molecule has 7 nitrogen and oxygen atoms in total. The number of fused-ring (bicyclic) bond motifs is 1. The lowest BCUT2D eigenvalue weighted by Crippen LogP contribution is -2.62. The van der Waals surface area contributed by atoms with E-state index >= 15 is 0 Å². The first-order chi connectivity index (χ1) is 12.8. The van der Waals surface area contributed by atoms with E-state index in [0.29, 0.717) is 6.04 Å². The zero-order valence-corrected chi connectivity index (χ0v) is 15.2. The molecule has 4 heterocycles. The summed E-state index contributed by atoms with van der Waals surface area (Å²) in [4.78, 5) is 20.8. The molecular weight excluding hydrogens is 328 g/mol. The molecule has 26 heavy (non-hydrogen) atoms. The van der Waals surface area contributed by atoms with Gasteiger partial charge >= 0.3 is 0 Å². The maximum Gasteiger partial charge on any atom is 0.225 e. The molecule has 0 unspecified atom stereocenters. The van der Waals surface area contributed by atoms with E-state index in [1.165, 1.54) is 18.5 Å². The van der Waals surface area contributed by atoms with Crippen molar-refractivity contribution in [2.75, 3.05) is 44.2 Å². The third-order valence-corrected chi connectivity index (χ3v) is 5.85. The Hall–Kier alpha value is -1.99. The van der Waals surface area contributed by atoms with E-state index in [2.05, 4.69) is 24.7 Å². The summed E-state index contributed by atoms with van der Waals surface area (Å²) in [6, 6.07) is 2.53. The highest BCUT2D eigenvalue weighted by Crippen LogP contribution is 2.24. The molecular formula is C19H26N6O. The molecule has 0 spiro atoms. The Morgan fingerprint density at radius 3 is 2.54 bits per heavy atom. The SMILES string of the molecule is c1cnc(N2CCN(C3CN(Cc4nc5c(o4)CCCC5)C3)CC2)nc1. The van der Waals surface area contributed by atoms with Crippen LogP contribution in [0.3, 0.4) is 0 Å². The van der Waals surface area contributed by atoms with E-state index in [9.17, 15) is 0 Å². The van der Waals surface area contributed by atoms with Gasteiger partial charge in [-0.2, -0.15) is 0 Å². The van der Waals surface area contributed by atoms with Gasteiger partial charge in [0.15, 0.2) is 0 Å². The number of nitrogens with zero attached hydrogens (tertiary/aromatic N) is 6. The standard InChI is InChI=1S/C19H26N6O/c1-2-5-17-16(4-1)22-18(26-17)14-23-12-15(13-23)24-8-10-25(11-9-24)19-20-6-3-7-21-19/h3,6-7,15H,1-2,4-5,8-14H2. The Bertz CT molecular complexity index is 710. The molecule has 0 bridgehead atoms. The molecule has 2 fully saturated rings. The van der Waals surface area contributed by atoms with Crippen LogP contribution in [0.2, 0.25) is 0 Å². The average Bonchev–Trinajstić information content (AvgIpc) is 3.08. The number of rotatable bonds is 4. The molecule has 0 radical (unpaired) electrons. The summed E-state index contributed by atoms with van der Waals surface area (Å²) >= 11 is 0. The number of anilines is 1. The minimum Gasteiger partial charge on any atom is -0.444 e. The van der Waals surface area contributed by atoms with Gasteiger partial charge in [-0.15, -0.1) is 0 Å². The van der Waals surface area contributed by atoms with Gasteiger partial charge < -0.3 is 9.32 Å². The largest absolute Gasteiger partial charge is 0.444 e. The van der Waals surface area contributed by atoms with Crippen molar-refractivity contribution in [2.45, 2.75) is 38.3 Å². The number of aromatic nitrogens is 3. The first-order valence-corrected chi connectivity index (χ1v) is 9.81. The van der Waals surface area contributed by atoms with Crippen LogP contribution >= 0.6 is 0 Å². The van der Waals surface area contributed by atoms with Gasteiger partial charge in [-0.3, -0.25) is 9.80 Å². The lowest BCUT2D eigenvalue weighted by Gasteiger charge is -2.47. The zero-order chi connectivity index (χ0) is 17.3. The lowest BCUT2D eigenvalue weighted by atomic mass is 10.0. The number of piperazine rings is 1. The van der Waals surface area contributed by atoms with E-state index < -0.39 is 0 Å². The van der Waals surface area contributed by atoms with Crippen LogP contribution in [-0.4, -0.2) is 70.1 Å². The van der Waals surface area contributed by atoms with Crippen molar-refractivity contribution in [2.24, 2.45) is 0 Å². The highest BCUT2D eigenvalue weighted by Gasteiger charge is 2.34. The average molecular weight is 354 g/mol. The molecule has 5 rings (SSSR count). The molecule has 0 aromatic carbocycles. The smallest absolute Gasteiger partial charge is 0.225 e. The summed E-state index contributed by atoms with van der Waals surface area (Å²) in [6.07, 6.45) is 8.30. The minimum atomic E-state index is 0.665. The van der Waals surface area contributed by atoms with E-state index in [1.54, 1.807) is 0 Å². The number of hydrogen-bond donors (Lipinski definition) is 0. The maximum absolute atomic E-state index is 5.97. The fourth-order valence-electron chi connectivity index (χ4n) is 4.31. The Balaban J connectivity index is 1.09. The summed E-state index contributed by atoms with van der Waals surface area (Å²) in [7, 11) is 0. The second kappa shape index (κ2) is 6.96. The van der Waals surface area contributed by atoms with Gasteiger partial charge in [0.1, 0.15) is 5.76 Å². The van der Waals surface area contributed by atoms with Crippen molar-refractivity contribution in [3.63, 3.8) is 0 Å². The molecule has 138 valence electrons. The summed E-state index contributed by atoms with van der Waals surface area (Å²) < 4.78 is 5.97. The maximum atomic E-state index is 5.97. The lowest BCUT2D eigenvalue weighted by molar-refractivity contribution is 0.0204. The van der Waals surface area contributed by atoms with Gasteiger partial charge in [-0.1, -0.05) is 0 Å². The van der Waals surface area contributed by atoms with Crippen molar-refractivity contribution >= 4 is 5.95 Å². The van der Waals surface area contributed by atoms with Gasteiger partial charge in [0.25, 0.3) is 0 Å². The minimum absolute atomic E-state index is 0.665. The molecule has 3 aliphatic rings. The molecule has 2 aromatic rings. The van der Waals surface area contributed by atoms with Crippen LogP contribution in [0.25, 0.3) is 0 Å². The van der Waals surface area contributed by atoms with Crippen molar-refractivity contribution in [1.82, 2.24) is 24.8 Å². The van der Waals surface area contributed by atoms with Crippen molar-refractivity contribution in [3.8, 4) is 0 Å². The van der Waals surface area contributed by atoms with Gasteiger partial charge in [-0.25, -0.2) is 15.0 Å². The van der Waals surface area contributed by atoms with Crippen LogP contribution in [0.15, 0.2) is 22.9 Å². The fourth-order valence-corrected chi connectivity index (χ4v) is 4.31. The predicted octanol–water partition coefficient (Wildman–Crippen LogP) is 1.35. The van der Waals surface area contributed by atoms with Crippen LogP contribution in [0.4, 0.5) is 5.95 Å². The van der Waals surface area contributed by atoms with Gasteiger partial charge in [-0.05, 0) is 25.3 Å². The molecule has 0 atom stereocenters. The third kappa shape index (κ3) is 3.21. The Labute approximate surface area is 154 Å². The molecule has 0 amide bonds. The molecule has 0 saturated carbocycles. The number of aryl methyl sites for hydroxylation is 2. The van der Waals surface area contributed by atoms with Gasteiger partial charge in [0.05, 0.1) is 12.2 Å². The Morgan fingerprint density at radius 2 is 1.77 bits per heavy atom. The van der Waals surface area contributed by atoms with E-state index in [-0.39, 0.29) is 0 Å². The normalized spacial score (nSPS) is 22.2. The third-order valence-electron chi connectivity index (χ3n) is 5.85. The monoisotopic (exact) mass is 354 g/mol. The van der Waals surface area contributed by atoms with Crippen molar-refractivity contribution < 1.29 is 4.42 Å². The van der Waals surface area contributed by atoms with Crippen molar-refractivity contribution in [3.05, 3.63) is 35.8 Å². The molecule has 2 saturated heterocycles. The van der Waals surface area contributed by atoms with Crippen LogP contribution in [-0.2, 0) is 19.4 Å². The topological polar surface area (TPSA) is 61.5 Å². The fraction of sp³-hybridized carbons (Fsp3) is 0.632. The van der Waals surface area contributed by atoms with Gasteiger partial charge in [0, 0.05) is 64.1 Å². The summed E-state index contributed by atoms with van der Waals surface area (Å²) in [6.45, 7) is 7.29. The highest BCUT2D eigenvalue weighted by molar-refractivity contribution is 5.29. The number of oxazole rings is 1. The molecule has 1 aliphatic carbocycles. The number of likely N-dealkylation sites (tertiary alicyclic amines) is 1. The van der Waals surface area contributed by atoms with Crippen molar-refractivity contribution in [1.29, 1.82) is 0 Å². The van der Waals surface area contributed by atoms with E-state index in [1.807, 2.05) is 18.5 Å².